The zero-order chi connectivity index (χ0) is 23.6. The molecule has 3 aromatic carbocycles. The maximum absolute atomic E-state index is 13.8. The highest BCUT2D eigenvalue weighted by Crippen LogP contribution is 2.39. The lowest BCUT2D eigenvalue weighted by molar-refractivity contribution is -0.152. The third-order valence-electron chi connectivity index (χ3n) is 4.69. The van der Waals surface area contributed by atoms with Crippen LogP contribution in [0.4, 0.5) is 13.2 Å². The van der Waals surface area contributed by atoms with E-state index in [2.05, 4.69) is 0 Å². The first kappa shape index (κ1) is 22.4. The molecule has 0 spiro atoms. The number of halogens is 4. The lowest BCUT2D eigenvalue weighted by atomic mass is 10.0. The molecule has 4 rings (SSSR count). The molecular weight excluding hydrogens is 457 g/mol. The zero-order valence-electron chi connectivity index (χ0n) is 16.7. The summed E-state index contributed by atoms with van der Waals surface area (Å²) < 4.78 is 51.6. The Kier molecular flexibility index (Phi) is 6.07. The third kappa shape index (κ3) is 4.83. The smallest absolute Gasteiger partial charge is 0.450 e. The molecule has 0 N–H and O–H groups in total. The lowest BCUT2D eigenvalue weighted by Crippen LogP contribution is -2.16. The second kappa shape index (κ2) is 8.96. The van der Waals surface area contributed by atoms with Gasteiger partial charge in [-0.25, -0.2) is 4.79 Å². The fourth-order valence-corrected chi connectivity index (χ4v) is 3.45. The standard InChI is InChI=1S/C25H14ClF3O4/c26-19-9-5-4-8-17(19)22-23(31)18-12-11-16(14-20(18)33-24(22)25(27,28)29)32-21(30)13-10-15-6-2-1-3-7-15/h1-14H/b13-10+. The van der Waals surface area contributed by atoms with Gasteiger partial charge in [-0.2, -0.15) is 13.2 Å². The summed E-state index contributed by atoms with van der Waals surface area (Å²) in [6.45, 7) is 0. The summed E-state index contributed by atoms with van der Waals surface area (Å²) in [5.74, 6) is -2.31. The van der Waals surface area contributed by atoms with Gasteiger partial charge in [-0.05, 0) is 29.8 Å². The average Bonchev–Trinajstić information content (AvgIpc) is 2.78. The highest BCUT2D eigenvalue weighted by atomic mass is 35.5. The van der Waals surface area contributed by atoms with Gasteiger partial charge in [-0.15, -0.1) is 0 Å². The Hall–Kier alpha value is -3.84. The average molecular weight is 471 g/mol. The number of fused-ring (bicyclic) bond motifs is 1. The molecular formula is C25H14ClF3O4. The van der Waals surface area contributed by atoms with Crippen LogP contribution in [-0.2, 0) is 11.0 Å². The molecule has 4 aromatic rings. The van der Waals surface area contributed by atoms with Gasteiger partial charge in [0.2, 0.25) is 11.2 Å². The van der Waals surface area contributed by atoms with Gasteiger partial charge in [0.05, 0.1) is 10.9 Å². The molecule has 0 aliphatic heterocycles. The predicted octanol–water partition coefficient (Wildman–Crippen LogP) is 6.75. The van der Waals surface area contributed by atoms with Gasteiger partial charge in [0.1, 0.15) is 11.3 Å². The van der Waals surface area contributed by atoms with E-state index < -0.39 is 28.9 Å². The highest BCUT2D eigenvalue weighted by Gasteiger charge is 2.39. The highest BCUT2D eigenvalue weighted by molar-refractivity contribution is 6.33. The Morgan fingerprint density at radius 1 is 0.970 bits per heavy atom. The Bertz CT molecular complexity index is 1420. The Morgan fingerprint density at radius 3 is 2.36 bits per heavy atom. The minimum Gasteiger partial charge on any atom is -0.450 e. The zero-order valence-corrected chi connectivity index (χ0v) is 17.5. The Morgan fingerprint density at radius 2 is 1.67 bits per heavy atom. The van der Waals surface area contributed by atoms with Crippen molar-refractivity contribution in [2.24, 2.45) is 0 Å². The van der Waals surface area contributed by atoms with E-state index in [1.807, 2.05) is 6.07 Å². The normalized spacial score (nSPS) is 11.8. The van der Waals surface area contributed by atoms with E-state index in [0.717, 1.165) is 11.6 Å². The number of ether oxygens (including phenoxy) is 1. The number of benzene rings is 3. The van der Waals surface area contributed by atoms with Crippen molar-refractivity contribution in [1.29, 1.82) is 0 Å². The molecule has 0 bridgehead atoms. The van der Waals surface area contributed by atoms with E-state index in [1.165, 1.54) is 48.6 Å². The minimum atomic E-state index is -4.97. The molecule has 0 saturated heterocycles. The van der Waals surface area contributed by atoms with E-state index in [0.29, 0.717) is 0 Å². The Labute approximate surface area is 190 Å². The molecule has 0 fully saturated rings. The molecule has 1 aromatic heterocycles. The minimum absolute atomic E-state index is 0.0228. The topological polar surface area (TPSA) is 56.5 Å². The summed E-state index contributed by atoms with van der Waals surface area (Å²) in [5.41, 5.74) is -1.29. The SMILES string of the molecule is O=C(/C=C/c1ccccc1)Oc1ccc2c(=O)c(-c3ccccc3Cl)c(C(F)(F)F)oc2c1. The molecule has 0 atom stereocenters. The second-order valence-electron chi connectivity index (χ2n) is 6.94. The van der Waals surface area contributed by atoms with E-state index >= 15 is 0 Å². The lowest BCUT2D eigenvalue weighted by Gasteiger charge is -2.14. The van der Waals surface area contributed by atoms with Gasteiger partial charge >= 0.3 is 12.1 Å². The van der Waals surface area contributed by atoms with Gasteiger partial charge in [-0.1, -0.05) is 60.1 Å². The molecule has 4 nitrogen and oxygen atoms in total. The molecule has 1 heterocycles. The number of esters is 1. The van der Waals surface area contributed by atoms with Crippen molar-refractivity contribution in [2.75, 3.05) is 0 Å². The van der Waals surface area contributed by atoms with Crippen LogP contribution in [0.15, 0.2) is 88.1 Å². The van der Waals surface area contributed by atoms with Crippen LogP contribution >= 0.6 is 11.6 Å². The van der Waals surface area contributed by atoms with E-state index in [9.17, 15) is 22.8 Å². The van der Waals surface area contributed by atoms with Gasteiger partial charge in [0.25, 0.3) is 0 Å². The van der Waals surface area contributed by atoms with E-state index in [4.69, 9.17) is 20.8 Å². The van der Waals surface area contributed by atoms with Crippen LogP contribution in [0, 0.1) is 0 Å². The molecule has 166 valence electrons. The molecule has 0 aliphatic rings. The van der Waals surface area contributed by atoms with Gasteiger partial charge < -0.3 is 9.15 Å². The molecule has 0 saturated carbocycles. The first-order valence-corrected chi connectivity index (χ1v) is 10.00. The number of rotatable bonds is 4. The van der Waals surface area contributed by atoms with Gasteiger partial charge in [0.15, 0.2) is 0 Å². The molecule has 0 aliphatic carbocycles. The summed E-state index contributed by atoms with van der Waals surface area (Å²) in [5, 5.41) is -0.136. The van der Waals surface area contributed by atoms with Gasteiger partial charge in [-0.3, -0.25) is 4.79 Å². The van der Waals surface area contributed by atoms with E-state index in [1.54, 1.807) is 24.3 Å². The monoisotopic (exact) mass is 470 g/mol. The Balaban J connectivity index is 1.75. The maximum atomic E-state index is 13.8. The van der Waals surface area contributed by atoms with Crippen LogP contribution in [-0.4, -0.2) is 5.97 Å². The van der Waals surface area contributed by atoms with Crippen molar-refractivity contribution < 1.29 is 27.1 Å². The van der Waals surface area contributed by atoms with Crippen LogP contribution in [0.25, 0.3) is 28.2 Å². The number of alkyl halides is 3. The summed E-state index contributed by atoms with van der Waals surface area (Å²) in [6.07, 6.45) is -2.26. The van der Waals surface area contributed by atoms with Crippen LogP contribution in [0.2, 0.25) is 5.02 Å². The molecule has 0 unspecified atom stereocenters. The van der Waals surface area contributed by atoms with Crippen molar-refractivity contribution in [2.45, 2.75) is 6.18 Å². The number of hydrogen-bond acceptors (Lipinski definition) is 4. The number of hydrogen-bond donors (Lipinski definition) is 0. The molecule has 0 amide bonds. The summed E-state index contributed by atoms with van der Waals surface area (Å²) in [7, 11) is 0. The third-order valence-corrected chi connectivity index (χ3v) is 5.02. The van der Waals surface area contributed by atoms with Crippen molar-refractivity contribution in [3.8, 4) is 16.9 Å². The van der Waals surface area contributed by atoms with Crippen molar-refractivity contribution in [3.63, 3.8) is 0 Å². The largest absolute Gasteiger partial charge is 0.450 e. The van der Waals surface area contributed by atoms with Crippen LogP contribution in [0.1, 0.15) is 11.3 Å². The molecule has 33 heavy (non-hydrogen) atoms. The quantitative estimate of drug-likeness (QED) is 0.188. The number of carbonyl (C=O) groups excluding carboxylic acids is 1. The summed E-state index contributed by atoms with van der Waals surface area (Å²) >= 11 is 6.05. The predicted molar refractivity (Wildman–Crippen MR) is 119 cm³/mol. The fourth-order valence-electron chi connectivity index (χ4n) is 3.22. The van der Waals surface area contributed by atoms with Crippen molar-refractivity contribution in [1.82, 2.24) is 0 Å². The number of carbonyl (C=O) groups is 1. The molecule has 8 heteroatoms. The second-order valence-corrected chi connectivity index (χ2v) is 7.34. The first-order valence-electron chi connectivity index (χ1n) is 9.62. The maximum Gasteiger partial charge on any atom is 0.450 e. The fraction of sp³-hybridized carbons (Fsp3) is 0.0400. The summed E-state index contributed by atoms with van der Waals surface area (Å²) in [6, 6.07) is 18.3. The van der Waals surface area contributed by atoms with Crippen LogP contribution in [0.3, 0.4) is 0 Å². The molecule has 0 radical (unpaired) electrons. The van der Waals surface area contributed by atoms with Crippen molar-refractivity contribution >= 4 is 34.6 Å². The van der Waals surface area contributed by atoms with Crippen molar-refractivity contribution in [3.05, 3.63) is 105 Å². The van der Waals surface area contributed by atoms with Crippen LogP contribution < -0.4 is 10.2 Å². The first-order chi connectivity index (χ1) is 15.7. The van der Waals surface area contributed by atoms with Crippen LogP contribution in [0.5, 0.6) is 5.75 Å². The summed E-state index contributed by atoms with van der Waals surface area (Å²) in [4.78, 5) is 25.1. The van der Waals surface area contributed by atoms with Gasteiger partial charge in [0, 0.05) is 22.7 Å². The van der Waals surface area contributed by atoms with E-state index in [-0.39, 0.29) is 27.3 Å².